The molecule has 2 rings (SSSR count). The first-order chi connectivity index (χ1) is 3.45. The van der Waals surface area contributed by atoms with Crippen molar-refractivity contribution in [2.45, 2.75) is 18.6 Å². The standard InChI is InChI=1S/C5H8NO/c1-4-3-7-5(1)2-6-4/h4-5H,1-3H2/t4-,5-/m1/s1. The van der Waals surface area contributed by atoms with E-state index in [1.807, 2.05) is 0 Å². The smallest absolute Gasteiger partial charge is 0.0733 e. The van der Waals surface area contributed by atoms with Gasteiger partial charge in [-0.2, -0.15) is 0 Å². The molecule has 39 valence electrons. The number of morpholine rings is 1. The second-order valence-corrected chi connectivity index (χ2v) is 2.21. The highest BCUT2D eigenvalue weighted by molar-refractivity contribution is 4.87. The van der Waals surface area contributed by atoms with Crippen LogP contribution in [0.3, 0.4) is 0 Å². The predicted octanol–water partition coefficient (Wildman–Crippen LogP) is -0.238. The minimum absolute atomic E-state index is 0.505. The van der Waals surface area contributed by atoms with Gasteiger partial charge >= 0.3 is 0 Å². The lowest BCUT2D eigenvalue weighted by atomic mass is 10.3. The van der Waals surface area contributed by atoms with Crippen molar-refractivity contribution in [1.82, 2.24) is 5.32 Å². The van der Waals surface area contributed by atoms with Gasteiger partial charge in [-0.15, -0.1) is 0 Å². The van der Waals surface area contributed by atoms with Crippen molar-refractivity contribution >= 4 is 0 Å². The number of hydrogen-bond donors (Lipinski definition) is 0. The van der Waals surface area contributed by atoms with Crippen molar-refractivity contribution in [2.24, 2.45) is 0 Å². The molecule has 2 atom stereocenters. The van der Waals surface area contributed by atoms with Gasteiger partial charge in [0, 0.05) is 6.54 Å². The highest BCUT2D eigenvalue weighted by atomic mass is 16.5. The number of rotatable bonds is 0. The first kappa shape index (κ1) is 3.87. The molecule has 1 radical (unpaired) electrons. The van der Waals surface area contributed by atoms with Gasteiger partial charge in [0.25, 0.3) is 0 Å². The van der Waals surface area contributed by atoms with E-state index in [4.69, 9.17) is 4.74 Å². The Morgan fingerprint density at radius 3 is 2.71 bits per heavy atom. The predicted molar refractivity (Wildman–Crippen MR) is 25.1 cm³/mol. The Kier molecular flexibility index (Phi) is 0.664. The van der Waals surface area contributed by atoms with Gasteiger partial charge in [0.15, 0.2) is 0 Å². The Hall–Kier alpha value is -0.0800. The van der Waals surface area contributed by atoms with Gasteiger partial charge in [-0.1, -0.05) is 0 Å². The van der Waals surface area contributed by atoms with E-state index in [1.165, 1.54) is 6.42 Å². The Bertz CT molecular complexity index is 66.1. The molecule has 2 heteroatoms. The quantitative estimate of drug-likeness (QED) is 0.410. The summed E-state index contributed by atoms with van der Waals surface area (Å²) in [5.74, 6) is 0. The monoisotopic (exact) mass is 98.1 g/mol. The van der Waals surface area contributed by atoms with Crippen LogP contribution in [0.5, 0.6) is 0 Å². The second kappa shape index (κ2) is 1.20. The maximum Gasteiger partial charge on any atom is 0.0733 e. The van der Waals surface area contributed by atoms with Crippen molar-refractivity contribution in [2.75, 3.05) is 13.2 Å². The largest absolute Gasteiger partial charge is 0.375 e. The van der Waals surface area contributed by atoms with Crippen LogP contribution in [-0.2, 0) is 4.74 Å². The van der Waals surface area contributed by atoms with Gasteiger partial charge in [-0.05, 0) is 6.42 Å². The van der Waals surface area contributed by atoms with Gasteiger partial charge < -0.3 is 4.74 Å². The normalized spacial score (nSPS) is 48.0. The van der Waals surface area contributed by atoms with E-state index in [0.29, 0.717) is 12.1 Å². The van der Waals surface area contributed by atoms with Crippen molar-refractivity contribution in [1.29, 1.82) is 0 Å². The summed E-state index contributed by atoms with van der Waals surface area (Å²) in [6.45, 7) is 1.86. The van der Waals surface area contributed by atoms with E-state index < -0.39 is 0 Å². The lowest BCUT2D eigenvalue weighted by Crippen LogP contribution is -2.24. The van der Waals surface area contributed by atoms with Crippen LogP contribution < -0.4 is 5.32 Å². The van der Waals surface area contributed by atoms with Gasteiger partial charge in [-0.3, -0.25) is 0 Å². The molecule has 0 aromatic carbocycles. The highest BCUT2D eigenvalue weighted by Crippen LogP contribution is 2.19. The molecule has 2 heterocycles. The number of nitrogens with zero attached hydrogens (tertiary/aromatic N) is 1. The average Bonchev–Trinajstić information content (AvgIpc) is 2.22. The zero-order chi connectivity index (χ0) is 4.69. The zero-order valence-electron chi connectivity index (χ0n) is 4.13. The first-order valence-corrected chi connectivity index (χ1v) is 2.73. The van der Waals surface area contributed by atoms with Gasteiger partial charge in [-0.25, -0.2) is 5.32 Å². The SMILES string of the molecule is C1O[C@H]2C[N][C@@H]1C2. The topological polar surface area (TPSA) is 23.3 Å². The van der Waals surface area contributed by atoms with Crippen LogP contribution in [0.1, 0.15) is 6.42 Å². The summed E-state index contributed by atoms with van der Waals surface area (Å²) < 4.78 is 5.26. The molecule has 0 aromatic rings. The average molecular weight is 98.1 g/mol. The molecule has 2 nitrogen and oxygen atoms in total. The van der Waals surface area contributed by atoms with Crippen molar-refractivity contribution < 1.29 is 4.74 Å². The molecule has 0 N–H and O–H groups in total. The molecule has 2 aliphatic heterocycles. The van der Waals surface area contributed by atoms with Crippen molar-refractivity contribution in [3.05, 3.63) is 0 Å². The molecule has 0 spiro atoms. The van der Waals surface area contributed by atoms with Crippen LogP contribution in [0.25, 0.3) is 0 Å². The molecular formula is C5H8NO. The van der Waals surface area contributed by atoms with Gasteiger partial charge in [0.05, 0.1) is 18.8 Å². The molecule has 0 aromatic heterocycles. The maximum absolute atomic E-state index is 5.26. The number of fused-ring (bicyclic) bond motifs is 2. The Labute approximate surface area is 42.9 Å². The fourth-order valence-corrected chi connectivity index (χ4v) is 1.21. The molecule has 2 saturated heterocycles. The number of ether oxygens (including phenoxy) is 1. The molecular weight excluding hydrogens is 90.1 g/mol. The molecule has 0 aliphatic carbocycles. The fourth-order valence-electron chi connectivity index (χ4n) is 1.21. The van der Waals surface area contributed by atoms with Crippen LogP contribution in [-0.4, -0.2) is 25.3 Å². The van der Waals surface area contributed by atoms with Gasteiger partial charge in [0.1, 0.15) is 0 Å². The summed E-state index contributed by atoms with van der Waals surface area (Å²) in [4.78, 5) is 0. The van der Waals surface area contributed by atoms with Crippen LogP contribution in [0.2, 0.25) is 0 Å². The lowest BCUT2D eigenvalue weighted by Gasteiger charge is -2.07. The van der Waals surface area contributed by atoms with E-state index in [2.05, 4.69) is 5.32 Å². The highest BCUT2D eigenvalue weighted by Gasteiger charge is 2.32. The Morgan fingerprint density at radius 1 is 1.57 bits per heavy atom. The van der Waals surface area contributed by atoms with E-state index in [1.54, 1.807) is 0 Å². The van der Waals surface area contributed by atoms with Crippen molar-refractivity contribution in [3.8, 4) is 0 Å². The molecule has 0 saturated carbocycles. The van der Waals surface area contributed by atoms with Crippen LogP contribution in [0.4, 0.5) is 0 Å². The second-order valence-electron chi connectivity index (χ2n) is 2.21. The zero-order valence-corrected chi connectivity index (χ0v) is 4.13. The summed E-state index contributed by atoms with van der Waals surface area (Å²) in [5.41, 5.74) is 0. The molecule has 2 fully saturated rings. The summed E-state index contributed by atoms with van der Waals surface area (Å²) in [5, 5.41) is 4.28. The van der Waals surface area contributed by atoms with E-state index >= 15 is 0 Å². The third kappa shape index (κ3) is 0.469. The van der Waals surface area contributed by atoms with E-state index in [9.17, 15) is 0 Å². The van der Waals surface area contributed by atoms with Crippen LogP contribution >= 0.6 is 0 Å². The minimum atomic E-state index is 0.505. The molecule has 2 aliphatic rings. The first-order valence-electron chi connectivity index (χ1n) is 2.73. The molecule has 0 amide bonds. The summed E-state index contributed by atoms with van der Waals surface area (Å²) in [7, 11) is 0. The van der Waals surface area contributed by atoms with Crippen LogP contribution in [0.15, 0.2) is 0 Å². The van der Waals surface area contributed by atoms with Gasteiger partial charge in [0.2, 0.25) is 0 Å². The third-order valence-corrected chi connectivity index (χ3v) is 1.63. The fraction of sp³-hybridized carbons (Fsp3) is 1.00. The number of hydrogen-bond acceptors (Lipinski definition) is 1. The lowest BCUT2D eigenvalue weighted by molar-refractivity contribution is 0.0878. The van der Waals surface area contributed by atoms with E-state index in [0.717, 1.165) is 13.2 Å². The van der Waals surface area contributed by atoms with Crippen LogP contribution in [0, 0.1) is 0 Å². The Balaban J connectivity index is 2.12. The van der Waals surface area contributed by atoms with Crippen molar-refractivity contribution in [3.63, 3.8) is 0 Å². The molecule has 2 bridgehead atoms. The third-order valence-electron chi connectivity index (χ3n) is 1.63. The minimum Gasteiger partial charge on any atom is -0.375 e. The van der Waals surface area contributed by atoms with E-state index in [-0.39, 0.29) is 0 Å². The summed E-state index contributed by atoms with van der Waals surface area (Å²) in [6, 6.07) is 0.574. The Morgan fingerprint density at radius 2 is 2.57 bits per heavy atom. The molecule has 7 heavy (non-hydrogen) atoms. The summed E-state index contributed by atoms with van der Waals surface area (Å²) >= 11 is 0. The summed E-state index contributed by atoms with van der Waals surface area (Å²) in [6.07, 6.45) is 1.70. The molecule has 0 unspecified atom stereocenters. The maximum atomic E-state index is 5.26.